The summed E-state index contributed by atoms with van der Waals surface area (Å²) in [5.74, 6) is -0.688. The Morgan fingerprint density at radius 1 is 1.14 bits per heavy atom. The second-order valence-electron chi connectivity index (χ2n) is 7.10. The summed E-state index contributed by atoms with van der Waals surface area (Å²) in [5.41, 5.74) is 1.24. The van der Waals surface area contributed by atoms with Crippen LogP contribution in [0.15, 0.2) is 42.5 Å². The molecule has 1 amide bonds. The molecular formula is C20H22ClFN4OS+2. The maximum atomic E-state index is 13.8. The van der Waals surface area contributed by atoms with Crippen LogP contribution in [-0.4, -0.2) is 43.6 Å². The number of nitrogens with one attached hydrogen (secondary N) is 3. The number of hydrogen-bond acceptors (Lipinski definition) is 3. The van der Waals surface area contributed by atoms with E-state index in [0.29, 0.717) is 11.6 Å². The number of piperazine rings is 1. The van der Waals surface area contributed by atoms with E-state index in [0.717, 1.165) is 43.2 Å². The summed E-state index contributed by atoms with van der Waals surface area (Å²) in [6.07, 6.45) is 0. The van der Waals surface area contributed by atoms with Crippen LogP contribution in [0.1, 0.15) is 5.01 Å². The Labute approximate surface area is 171 Å². The van der Waals surface area contributed by atoms with Crippen molar-refractivity contribution in [3.63, 3.8) is 0 Å². The van der Waals surface area contributed by atoms with Gasteiger partial charge in [0.1, 0.15) is 43.5 Å². The minimum Gasteiger partial charge on any atom is -0.320 e. The molecule has 2 aromatic carbocycles. The molecule has 8 heteroatoms. The van der Waals surface area contributed by atoms with E-state index in [-0.39, 0.29) is 11.6 Å². The molecule has 0 radical (unpaired) electrons. The summed E-state index contributed by atoms with van der Waals surface area (Å²) in [4.78, 5) is 19.7. The van der Waals surface area contributed by atoms with Gasteiger partial charge >= 0.3 is 0 Å². The molecule has 3 aromatic rings. The largest absolute Gasteiger partial charge is 0.320 e. The smallest absolute Gasteiger partial charge is 0.279 e. The maximum absolute atomic E-state index is 13.8. The fraction of sp³-hybridized carbons (Fsp3) is 0.300. The van der Waals surface area contributed by atoms with Gasteiger partial charge in [-0.2, -0.15) is 0 Å². The maximum Gasteiger partial charge on any atom is 0.279 e. The van der Waals surface area contributed by atoms with Gasteiger partial charge in [-0.1, -0.05) is 23.7 Å². The number of carbonyl (C=O) groups excluding carboxylic acids is 1. The highest BCUT2D eigenvalue weighted by Crippen LogP contribution is 2.21. The Morgan fingerprint density at radius 3 is 2.64 bits per heavy atom. The number of halogens is 2. The molecule has 28 heavy (non-hydrogen) atoms. The summed E-state index contributed by atoms with van der Waals surface area (Å²) < 4.78 is 15.0. The van der Waals surface area contributed by atoms with Crippen LogP contribution < -0.4 is 15.1 Å². The average Bonchev–Trinajstić information content (AvgIpc) is 3.08. The van der Waals surface area contributed by atoms with E-state index in [4.69, 9.17) is 16.6 Å². The number of carbonyl (C=O) groups is 1. The third-order valence-corrected chi connectivity index (χ3v) is 6.29. The molecule has 0 aliphatic carbocycles. The molecule has 3 N–H and O–H groups in total. The number of aromatic nitrogens is 1. The number of amides is 1. The standard InChI is InChI=1S/C20H20ClFN4OS/c21-14-5-6-16(15(22)11-14)23-19(27)12-25-7-9-26(10-8-25)13-20-24-17-3-1-2-4-18(17)28-20/h1-6,11H,7-10,12-13H2,(H,23,27)/p+2. The Balaban J connectivity index is 1.26. The van der Waals surface area contributed by atoms with Crippen molar-refractivity contribution in [2.45, 2.75) is 6.54 Å². The molecular weight excluding hydrogens is 399 g/mol. The van der Waals surface area contributed by atoms with Gasteiger partial charge in [-0.25, -0.2) is 9.37 Å². The minimum atomic E-state index is -0.513. The molecule has 0 saturated carbocycles. The summed E-state index contributed by atoms with van der Waals surface area (Å²) in [5, 5.41) is 4.12. The highest BCUT2D eigenvalue weighted by atomic mass is 35.5. The Morgan fingerprint density at radius 2 is 1.89 bits per heavy atom. The fourth-order valence-electron chi connectivity index (χ4n) is 3.53. The van der Waals surface area contributed by atoms with Crippen molar-refractivity contribution in [2.24, 2.45) is 0 Å². The van der Waals surface area contributed by atoms with Crippen molar-refractivity contribution in [3.05, 3.63) is 58.3 Å². The first kappa shape index (κ1) is 19.3. The fourth-order valence-corrected chi connectivity index (χ4v) is 4.73. The van der Waals surface area contributed by atoms with Gasteiger partial charge in [-0.15, -0.1) is 11.3 Å². The molecule has 2 heterocycles. The number of fused-ring (bicyclic) bond motifs is 1. The lowest BCUT2D eigenvalue weighted by molar-refractivity contribution is -1.01. The molecule has 146 valence electrons. The number of hydrogen-bond donors (Lipinski definition) is 3. The van der Waals surface area contributed by atoms with Crippen molar-refractivity contribution < 1.29 is 19.0 Å². The lowest BCUT2D eigenvalue weighted by Crippen LogP contribution is -3.28. The predicted octanol–water partition coefficient (Wildman–Crippen LogP) is 1.01. The lowest BCUT2D eigenvalue weighted by Gasteiger charge is -2.28. The number of rotatable bonds is 5. The third kappa shape index (κ3) is 4.67. The van der Waals surface area contributed by atoms with Crippen molar-refractivity contribution in [3.8, 4) is 0 Å². The molecule has 0 unspecified atom stereocenters. The number of thiazole rings is 1. The van der Waals surface area contributed by atoms with Gasteiger partial charge in [-0.05, 0) is 30.3 Å². The van der Waals surface area contributed by atoms with E-state index in [1.165, 1.54) is 26.6 Å². The zero-order valence-corrected chi connectivity index (χ0v) is 16.9. The monoisotopic (exact) mass is 420 g/mol. The van der Waals surface area contributed by atoms with E-state index in [1.807, 2.05) is 12.1 Å². The highest BCUT2D eigenvalue weighted by Gasteiger charge is 2.26. The zero-order valence-electron chi connectivity index (χ0n) is 15.3. The molecule has 4 rings (SSSR count). The number of quaternary nitrogens is 2. The Bertz CT molecular complexity index is 954. The number of benzene rings is 2. The average molecular weight is 421 g/mol. The van der Waals surface area contributed by atoms with Crippen LogP contribution in [0.5, 0.6) is 0 Å². The number of nitrogens with zero attached hydrogens (tertiary/aromatic N) is 1. The summed E-state index contributed by atoms with van der Waals surface area (Å²) in [6.45, 7) is 5.08. The van der Waals surface area contributed by atoms with Crippen molar-refractivity contribution in [1.29, 1.82) is 0 Å². The predicted molar refractivity (Wildman–Crippen MR) is 110 cm³/mol. The van der Waals surface area contributed by atoms with Gasteiger partial charge < -0.3 is 15.1 Å². The van der Waals surface area contributed by atoms with Crippen molar-refractivity contribution in [1.82, 2.24) is 4.98 Å². The minimum absolute atomic E-state index is 0.175. The van der Waals surface area contributed by atoms with Crippen molar-refractivity contribution in [2.75, 3.05) is 38.0 Å². The van der Waals surface area contributed by atoms with E-state index < -0.39 is 5.82 Å². The molecule has 1 aliphatic rings. The van der Waals surface area contributed by atoms with Crippen LogP contribution in [0.2, 0.25) is 5.02 Å². The molecule has 0 atom stereocenters. The normalized spacial score (nSPS) is 19.6. The lowest BCUT2D eigenvalue weighted by atomic mass is 10.3. The van der Waals surface area contributed by atoms with Gasteiger partial charge in [0.05, 0.1) is 15.9 Å². The molecule has 1 aliphatic heterocycles. The Hall–Kier alpha value is -2.06. The highest BCUT2D eigenvalue weighted by molar-refractivity contribution is 7.18. The topological polar surface area (TPSA) is 50.9 Å². The molecule has 0 spiro atoms. The molecule has 1 saturated heterocycles. The first-order chi connectivity index (χ1) is 13.6. The van der Waals surface area contributed by atoms with Crippen LogP contribution in [0.25, 0.3) is 10.2 Å². The second kappa shape index (κ2) is 8.53. The van der Waals surface area contributed by atoms with Crippen LogP contribution in [0.4, 0.5) is 10.1 Å². The van der Waals surface area contributed by atoms with Gasteiger partial charge in [0.2, 0.25) is 0 Å². The number of anilines is 1. The first-order valence-electron chi connectivity index (χ1n) is 9.33. The van der Waals surface area contributed by atoms with Gasteiger partial charge in [0.15, 0.2) is 6.54 Å². The third-order valence-electron chi connectivity index (χ3n) is 5.02. The molecule has 1 fully saturated rings. The second-order valence-corrected chi connectivity index (χ2v) is 8.65. The van der Waals surface area contributed by atoms with E-state index >= 15 is 0 Å². The summed E-state index contributed by atoms with van der Waals surface area (Å²) in [7, 11) is 0. The van der Waals surface area contributed by atoms with Gasteiger partial charge in [0.25, 0.3) is 5.91 Å². The molecule has 0 bridgehead atoms. The zero-order chi connectivity index (χ0) is 19.5. The van der Waals surface area contributed by atoms with Gasteiger partial charge in [0, 0.05) is 5.02 Å². The summed E-state index contributed by atoms with van der Waals surface area (Å²) >= 11 is 7.50. The number of para-hydroxylation sites is 1. The summed E-state index contributed by atoms with van der Waals surface area (Å²) in [6, 6.07) is 12.5. The van der Waals surface area contributed by atoms with Crippen LogP contribution in [0.3, 0.4) is 0 Å². The van der Waals surface area contributed by atoms with Crippen LogP contribution in [0, 0.1) is 5.82 Å². The van der Waals surface area contributed by atoms with E-state index in [9.17, 15) is 9.18 Å². The quantitative estimate of drug-likeness (QED) is 0.577. The molecule has 5 nitrogen and oxygen atoms in total. The first-order valence-corrected chi connectivity index (χ1v) is 10.5. The van der Waals surface area contributed by atoms with Gasteiger partial charge in [-0.3, -0.25) is 4.79 Å². The van der Waals surface area contributed by atoms with Crippen molar-refractivity contribution >= 4 is 44.7 Å². The van der Waals surface area contributed by atoms with E-state index in [1.54, 1.807) is 17.4 Å². The van der Waals surface area contributed by atoms with Crippen LogP contribution >= 0.6 is 22.9 Å². The van der Waals surface area contributed by atoms with E-state index in [2.05, 4.69) is 17.4 Å². The Kier molecular flexibility index (Phi) is 5.87. The van der Waals surface area contributed by atoms with Crippen LogP contribution in [-0.2, 0) is 11.3 Å². The SMILES string of the molecule is O=C(C[NH+]1CC[NH+](Cc2nc3ccccc3s2)CC1)Nc1ccc(Cl)cc1F. The molecule has 1 aromatic heterocycles.